The number of carbonyl (C=O) groups excluding carboxylic acids is 3. The molecule has 6 heteroatoms. The van der Waals surface area contributed by atoms with Crippen molar-refractivity contribution in [3.05, 3.63) is 22.4 Å². The second-order valence-corrected chi connectivity index (χ2v) is 7.21. The number of ketones is 1. The molecule has 23 heavy (non-hydrogen) atoms. The van der Waals surface area contributed by atoms with E-state index in [0.717, 1.165) is 0 Å². The molecule has 1 saturated heterocycles. The second kappa shape index (κ2) is 8.24. The predicted molar refractivity (Wildman–Crippen MR) is 90.5 cm³/mol. The third-order valence-electron chi connectivity index (χ3n) is 3.93. The zero-order chi connectivity index (χ0) is 16.8. The summed E-state index contributed by atoms with van der Waals surface area (Å²) in [5.74, 6) is 0.551. The number of Topliss-reactive ketones (excluding diaryl/α,β-unsaturated/α-hetero) is 1. The van der Waals surface area contributed by atoms with Crippen LogP contribution in [0.15, 0.2) is 17.5 Å². The van der Waals surface area contributed by atoms with E-state index >= 15 is 0 Å². The zero-order valence-electron chi connectivity index (χ0n) is 13.8. The van der Waals surface area contributed by atoms with Gasteiger partial charge < -0.3 is 9.80 Å². The normalized spacial score (nSPS) is 15.1. The molecule has 0 radical (unpaired) electrons. The van der Waals surface area contributed by atoms with E-state index in [9.17, 15) is 14.4 Å². The molecule has 0 unspecified atom stereocenters. The maximum absolute atomic E-state index is 12.2. The van der Waals surface area contributed by atoms with Gasteiger partial charge in [0, 0.05) is 45.4 Å². The number of nitrogens with zero attached hydrogens (tertiary/aromatic N) is 2. The van der Waals surface area contributed by atoms with Gasteiger partial charge in [-0.3, -0.25) is 14.4 Å². The number of piperazine rings is 1. The minimum Gasteiger partial charge on any atom is -0.339 e. The molecule has 1 aliphatic rings. The molecule has 126 valence electrons. The molecular formula is C17H24N2O3S. The molecule has 2 rings (SSSR count). The van der Waals surface area contributed by atoms with Gasteiger partial charge in [-0.05, 0) is 17.4 Å². The molecule has 5 nitrogen and oxygen atoms in total. The highest BCUT2D eigenvalue weighted by atomic mass is 32.1. The summed E-state index contributed by atoms with van der Waals surface area (Å²) in [5.41, 5.74) is 0. The fraction of sp³-hybridized carbons (Fsp3) is 0.588. The number of carbonyl (C=O) groups is 3. The molecule has 1 fully saturated rings. The number of hydrogen-bond acceptors (Lipinski definition) is 4. The lowest BCUT2D eigenvalue weighted by atomic mass is 10.1. The van der Waals surface area contributed by atoms with E-state index in [2.05, 4.69) is 0 Å². The van der Waals surface area contributed by atoms with Crippen molar-refractivity contribution in [2.75, 3.05) is 26.2 Å². The van der Waals surface area contributed by atoms with Crippen LogP contribution in [0, 0.1) is 5.92 Å². The van der Waals surface area contributed by atoms with E-state index in [-0.39, 0.29) is 30.4 Å². The smallest absolute Gasteiger partial charge is 0.223 e. The molecule has 0 atom stereocenters. The molecule has 2 amide bonds. The van der Waals surface area contributed by atoms with E-state index < -0.39 is 0 Å². The Kier molecular flexibility index (Phi) is 6.33. The van der Waals surface area contributed by atoms with Crippen molar-refractivity contribution in [1.29, 1.82) is 0 Å². The topological polar surface area (TPSA) is 57.7 Å². The summed E-state index contributed by atoms with van der Waals surface area (Å²) >= 11 is 1.41. The molecule has 1 aromatic rings. The molecule has 0 spiro atoms. The van der Waals surface area contributed by atoms with Crippen LogP contribution < -0.4 is 0 Å². The maximum Gasteiger partial charge on any atom is 0.223 e. The summed E-state index contributed by atoms with van der Waals surface area (Å²) in [6.07, 6.45) is 1.06. The van der Waals surface area contributed by atoms with Gasteiger partial charge in [0.15, 0.2) is 5.78 Å². The lowest BCUT2D eigenvalue weighted by Crippen LogP contribution is -2.50. The molecule has 0 bridgehead atoms. The lowest BCUT2D eigenvalue weighted by Gasteiger charge is -2.35. The summed E-state index contributed by atoms with van der Waals surface area (Å²) in [4.78, 5) is 40.4. The summed E-state index contributed by atoms with van der Waals surface area (Å²) in [7, 11) is 0. The maximum atomic E-state index is 12.2. The first-order chi connectivity index (χ1) is 11.0. The Morgan fingerprint density at radius 3 is 2.17 bits per heavy atom. The standard InChI is InChI=1S/C17H24N2O3S/c1-13(2)12-17(22)19-9-7-18(8-10-19)16(21)6-5-14(20)15-4-3-11-23-15/h3-4,11,13H,5-10,12H2,1-2H3. The summed E-state index contributed by atoms with van der Waals surface area (Å²) < 4.78 is 0. The molecule has 0 N–H and O–H groups in total. The van der Waals surface area contributed by atoms with Crippen LogP contribution in [0.2, 0.25) is 0 Å². The van der Waals surface area contributed by atoms with Crippen molar-refractivity contribution in [2.45, 2.75) is 33.1 Å². The fourth-order valence-corrected chi connectivity index (χ4v) is 3.32. The van der Waals surface area contributed by atoms with Crippen molar-refractivity contribution < 1.29 is 14.4 Å². The zero-order valence-corrected chi connectivity index (χ0v) is 14.6. The quantitative estimate of drug-likeness (QED) is 0.750. The van der Waals surface area contributed by atoms with Crippen LogP contribution in [0.4, 0.5) is 0 Å². The average Bonchev–Trinajstić information content (AvgIpc) is 3.06. The Labute approximate surface area is 141 Å². The number of rotatable bonds is 6. The molecule has 1 aromatic heterocycles. The van der Waals surface area contributed by atoms with Gasteiger partial charge >= 0.3 is 0 Å². The molecule has 0 aliphatic carbocycles. The third-order valence-corrected chi connectivity index (χ3v) is 4.84. The van der Waals surface area contributed by atoms with Crippen molar-refractivity contribution in [1.82, 2.24) is 9.80 Å². The molecular weight excluding hydrogens is 312 g/mol. The van der Waals surface area contributed by atoms with Gasteiger partial charge in [-0.15, -0.1) is 11.3 Å². The van der Waals surface area contributed by atoms with Gasteiger partial charge in [0.25, 0.3) is 0 Å². The monoisotopic (exact) mass is 336 g/mol. The van der Waals surface area contributed by atoms with Crippen molar-refractivity contribution in [3.8, 4) is 0 Å². The first-order valence-electron chi connectivity index (χ1n) is 8.09. The van der Waals surface area contributed by atoms with Gasteiger partial charge in [-0.25, -0.2) is 0 Å². The number of thiophene rings is 1. The number of hydrogen-bond donors (Lipinski definition) is 0. The number of amides is 2. The van der Waals surface area contributed by atoms with Crippen LogP contribution in [0.3, 0.4) is 0 Å². The van der Waals surface area contributed by atoms with E-state index in [1.807, 2.05) is 30.2 Å². The Morgan fingerprint density at radius 2 is 1.65 bits per heavy atom. The lowest BCUT2D eigenvalue weighted by molar-refractivity contribution is -0.139. The third kappa shape index (κ3) is 5.16. The Bertz CT molecular complexity index is 546. The van der Waals surface area contributed by atoms with Gasteiger partial charge in [0.1, 0.15) is 0 Å². The molecule has 1 aliphatic heterocycles. The van der Waals surface area contributed by atoms with Crippen LogP contribution in [0.1, 0.15) is 42.8 Å². The minimum atomic E-state index is 0.00543. The highest BCUT2D eigenvalue weighted by Gasteiger charge is 2.24. The first-order valence-corrected chi connectivity index (χ1v) is 8.97. The first kappa shape index (κ1) is 17.7. The van der Waals surface area contributed by atoms with Crippen molar-refractivity contribution in [2.24, 2.45) is 5.92 Å². The van der Waals surface area contributed by atoms with E-state index in [1.165, 1.54) is 11.3 Å². The van der Waals surface area contributed by atoms with Gasteiger partial charge in [0.05, 0.1) is 4.88 Å². The molecule has 0 saturated carbocycles. The Balaban J connectivity index is 1.73. The van der Waals surface area contributed by atoms with Crippen molar-refractivity contribution in [3.63, 3.8) is 0 Å². The predicted octanol–water partition coefficient (Wildman–Crippen LogP) is 2.43. The summed E-state index contributed by atoms with van der Waals surface area (Å²) in [6, 6.07) is 3.63. The van der Waals surface area contributed by atoms with E-state index in [0.29, 0.717) is 43.4 Å². The van der Waals surface area contributed by atoms with Crippen LogP contribution in [0.5, 0.6) is 0 Å². The second-order valence-electron chi connectivity index (χ2n) is 6.26. The average molecular weight is 336 g/mol. The molecule has 2 heterocycles. The van der Waals surface area contributed by atoms with Gasteiger partial charge in [-0.2, -0.15) is 0 Å². The van der Waals surface area contributed by atoms with Crippen LogP contribution >= 0.6 is 11.3 Å². The Hall–Kier alpha value is -1.69. The highest BCUT2D eigenvalue weighted by molar-refractivity contribution is 7.12. The SMILES string of the molecule is CC(C)CC(=O)N1CCN(C(=O)CCC(=O)c2cccs2)CC1. The van der Waals surface area contributed by atoms with E-state index in [1.54, 1.807) is 11.0 Å². The summed E-state index contributed by atoms with van der Waals surface area (Å²) in [5, 5.41) is 1.86. The highest BCUT2D eigenvalue weighted by Crippen LogP contribution is 2.14. The van der Waals surface area contributed by atoms with Gasteiger partial charge in [0.2, 0.25) is 11.8 Å². The van der Waals surface area contributed by atoms with Crippen LogP contribution in [0.25, 0.3) is 0 Å². The van der Waals surface area contributed by atoms with Crippen LogP contribution in [-0.2, 0) is 9.59 Å². The molecule has 0 aromatic carbocycles. The minimum absolute atomic E-state index is 0.00543. The van der Waals surface area contributed by atoms with Crippen molar-refractivity contribution >= 4 is 28.9 Å². The van der Waals surface area contributed by atoms with E-state index in [4.69, 9.17) is 0 Å². The Morgan fingerprint density at radius 1 is 1.04 bits per heavy atom. The van der Waals surface area contributed by atoms with Crippen LogP contribution in [-0.4, -0.2) is 53.6 Å². The summed E-state index contributed by atoms with van der Waals surface area (Å²) in [6.45, 7) is 6.38. The fourth-order valence-electron chi connectivity index (χ4n) is 2.62. The van der Waals surface area contributed by atoms with Gasteiger partial charge in [-0.1, -0.05) is 19.9 Å². The largest absolute Gasteiger partial charge is 0.339 e.